The van der Waals surface area contributed by atoms with E-state index in [4.69, 9.17) is 4.74 Å². The smallest absolute Gasteiger partial charge is 0.255 e. The van der Waals surface area contributed by atoms with Crippen molar-refractivity contribution in [1.82, 2.24) is 9.88 Å². The van der Waals surface area contributed by atoms with E-state index < -0.39 is 0 Å². The van der Waals surface area contributed by atoms with E-state index in [1.165, 1.54) is 32.1 Å². The number of hydrogen-bond acceptors (Lipinski definition) is 5. The average molecular weight is 395 g/mol. The number of aromatic nitrogens is 1. The minimum atomic E-state index is 0.0568. The zero-order valence-electron chi connectivity index (χ0n) is 17.1. The molecular formula is C23H30N4O2. The molecule has 1 aromatic carbocycles. The number of carbonyl (C=O) groups is 1. The van der Waals surface area contributed by atoms with Crippen molar-refractivity contribution >= 4 is 17.4 Å². The van der Waals surface area contributed by atoms with Gasteiger partial charge in [-0.2, -0.15) is 0 Å². The highest BCUT2D eigenvalue weighted by Gasteiger charge is 2.24. The van der Waals surface area contributed by atoms with E-state index in [9.17, 15) is 4.79 Å². The quantitative estimate of drug-likeness (QED) is 0.836. The molecule has 0 spiro atoms. The van der Waals surface area contributed by atoms with Crippen molar-refractivity contribution in [3.8, 4) is 5.75 Å². The Labute approximate surface area is 172 Å². The second-order valence-corrected chi connectivity index (χ2v) is 7.86. The first-order valence-electron chi connectivity index (χ1n) is 10.6. The molecule has 1 aliphatic carbocycles. The number of anilines is 2. The Morgan fingerprint density at radius 3 is 2.48 bits per heavy atom. The zero-order valence-corrected chi connectivity index (χ0v) is 17.1. The lowest BCUT2D eigenvalue weighted by atomic mass is 9.95. The van der Waals surface area contributed by atoms with Crippen LogP contribution in [-0.2, 0) is 0 Å². The van der Waals surface area contributed by atoms with E-state index in [0.29, 0.717) is 24.7 Å². The average Bonchev–Trinajstić information content (AvgIpc) is 2.80. The van der Waals surface area contributed by atoms with Crippen LogP contribution >= 0.6 is 0 Å². The molecule has 1 aliphatic heterocycles. The summed E-state index contributed by atoms with van der Waals surface area (Å²) in [6.45, 7) is 2.97. The highest BCUT2D eigenvalue weighted by Crippen LogP contribution is 2.28. The van der Waals surface area contributed by atoms with Gasteiger partial charge in [0, 0.05) is 38.4 Å². The molecule has 0 radical (unpaired) electrons. The van der Waals surface area contributed by atoms with E-state index in [-0.39, 0.29) is 5.91 Å². The number of methoxy groups -OCH3 is 1. The van der Waals surface area contributed by atoms with Crippen LogP contribution in [0.15, 0.2) is 42.6 Å². The first-order chi connectivity index (χ1) is 14.2. The molecule has 2 fully saturated rings. The molecule has 2 aliphatic rings. The second-order valence-electron chi connectivity index (χ2n) is 7.86. The van der Waals surface area contributed by atoms with Gasteiger partial charge in [-0.15, -0.1) is 0 Å². The van der Waals surface area contributed by atoms with Crippen molar-refractivity contribution in [3.05, 3.63) is 48.2 Å². The number of ether oxygens (including phenoxy) is 1. The van der Waals surface area contributed by atoms with Crippen molar-refractivity contribution < 1.29 is 9.53 Å². The Hall–Kier alpha value is -2.76. The maximum absolute atomic E-state index is 12.9. The van der Waals surface area contributed by atoms with Gasteiger partial charge in [-0.3, -0.25) is 4.79 Å². The molecule has 1 saturated carbocycles. The fourth-order valence-electron chi connectivity index (χ4n) is 4.29. The van der Waals surface area contributed by atoms with Crippen LogP contribution in [0.25, 0.3) is 0 Å². The number of nitrogens with zero attached hydrogens (tertiary/aromatic N) is 3. The Kier molecular flexibility index (Phi) is 6.17. The van der Waals surface area contributed by atoms with E-state index in [2.05, 4.69) is 21.3 Å². The van der Waals surface area contributed by atoms with Crippen LogP contribution in [0.4, 0.5) is 11.5 Å². The standard InChI is InChI=1S/C23H30N4O2/c1-29-21-10-6-5-9-20(21)26-13-15-27(16-14-26)23(28)18-11-12-22(24-17-18)25-19-7-3-2-4-8-19/h5-6,9-12,17,19H,2-4,7-8,13-16H2,1H3,(H,24,25). The van der Waals surface area contributed by atoms with Gasteiger partial charge in [0.05, 0.1) is 18.4 Å². The fraction of sp³-hybridized carbons (Fsp3) is 0.478. The first kappa shape index (κ1) is 19.6. The van der Waals surface area contributed by atoms with Gasteiger partial charge in [0.15, 0.2) is 0 Å². The molecule has 29 heavy (non-hydrogen) atoms. The van der Waals surface area contributed by atoms with Crippen molar-refractivity contribution in [2.45, 2.75) is 38.1 Å². The summed E-state index contributed by atoms with van der Waals surface area (Å²) in [7, 11) is 1.69. The molecule has 0 unspecified atom stereocenters. The van der Waals surface area contributed by atoms with E-state index >= 15 is 0 Å². The van der Waals surface area contributed by atoms with Gasteiger partial charge in [-0.1, -0.05) is 31.4 Å². The van der Waals surface area contributed by atoms with Gasteiger partial charge in [0.25, 0.3) is 5.91 Å². The minimum absolute atomic E-state index is 0.0568. The van der Waals surface area contributed by atoms with Crippen LogP contribution in [0.2, 0.25) is 0 Å². The largest absolute Gasteiger partial charge is 0.495 e. The zero-order chi connectivity index (χ0) is 20.1. The summed E-state index contributed by atoms with van der Waals surface area (Å²) in [5.74, 6) is 1.80. The first-order valence-corrected chi connectivity index (χ1v) is 10.6. The predicted octanol–water partition coefficient (Wildman–Crippen LogP) is 3.80. The number of pyridine rings is 1. The highest BCUT2D eigenvalue weighted by molar-refractivity contribution is 5.94. The maximum Gasteiger partial charge on any atom is 0.255 e. The molecule has 6 nitrogen and oxygen atoms in total. The Morgan fingerprint density at radius 1 is 1.03 bits per heavy atom. The number of benzene rings is 1. The van der Waals surface area contributed by atoms with Gasteiger partial charge in [-0.05, 0) is 37.1 Å². The second kappa shape index (κ2) is 9.16. The van der Waals surface area contributed by atoms with Crippen molar-refractivity contribution in [2.75, 3.05) is 43.5 Å². The van der Waals surface area contributed by atoms with Crippen molar-refractivity contribution in [3.63, 3.8) is 0 Å². The Bertz CT molecular complexity index is 810. The van der Waals surface area contributed by atoms with E-state index in [1.807, 2.05) is 35.2 Å². The van der Waals surface area contributed by atoms with Crippen LogP contribution < -0.4 is 15.0 Å². The summed E-state index contributed by atoms with van der Waals surface area (Å²) in [4.78, 5) is 21.6. The third-order valence-electron chi connectivity index (χ3n) is 5.96. The Balaban J connectivity index is 1.33. The van der Waals surface area contributed by atoms with Crippen LogP contribution in [0, 0.1) is 0 Å². The fourth-order valence-corrected chi connectivity index (χ4v) is 4.29. The molecule has 2 aromatic rings. The van der Waals surface area contributed by atoms with Gasteiger partial charge in [0.1, 0.15) is 11.6 Å². The molecule has 4 rings (SSSR count). The monoisotopic (exact) mass is 394 g/mol. The summed E-state index contributed by atoms with van der Waals surface area (Å²) in [6, 6.07) is 12.4. The highest BCUT2D eigenvalue weighted by atomic mass is 16.5. The summed E-state index contributed by atoms with van der Waals surface area (Å²) in [6.07, 6.45) is 8.03. The number of hydrogen-bond donors (Lipinski definition) is 1. The molecular weight excluding hydrogens is 364 g/mol. The van der Waals surface area contributed by atoms with Gasteiger partial charge in [0.2, 0.25) is 0 Å². The summed E-state index contributed by atoms with van der Waals surface area (Å²) >= 11 is 0. The number of piperazine rings is 1. The SMILES string of the molecule is COc1ccccc1N1CCN(C(=O)c2ccc(NC3CCCCC3)nc2)CC1. The topological polar surface area (TPSA) is 57.7 Å². The molecule has 1 N–H and O–H groups in total. The predicted molar refractivity (Wildman–Crippen MR) is 116 cm³/mol. The molecule has 0 atom stereocenters. The lowest BCUT2D eigenvalue weighted by molar-refractivity contribution is 0.0746. The van der Waals surface area contributed by atoms with Gasteiger partial charge < -0.3 is 19.9 Å². The molecule has 1 saturated heterocycles. The number of para-hydroxylation sites is 2. The third kappa shape index (κ3) is 4.63. The van der Waals surface area contributed by atoms with Gasteiger partial charge in [-0.25, -0.2) is 4.98 Å². The lowest BCUT2D eigenvalue weighted by Gasteiger charge is -2.36. The molecule has 0 bridgehead atoms. The molecule has 154 valence electrons. The molecule has 1 aromatic heterocycles. The summed E-state index contributed by atoms with van der Waals surface area (Å²) in [5.41, 5.74) is 1.74. The summed E-state index contributed by atoms with van der Waals surface area (Å²) in [5, 5.41) is 3.51. The number of nitrogens with one attached hydrogen (secondary N) is 1. The minimum Gasteiger partial charge on any atom is -0.495 e. The third-order valence-corrected chi connectivity index (χ3v) is 5.96. The van der Waals surface area contributed by atoms with Crippen molar-refractivity contribution in [1.29, 1.82) is 0 Å². The van der Waals surface area contributed by atoms with E-state index in [1.54, 1.807) is 13.3 Å². The van der Waals surface area contributed by atoms with Crippen LogP contribution in [-0.4, -0.2) is 55.1 Å². The van der Waals surface area contributed by atoms with Crippen LogP contribution in [0.5, 0.6) is 5.75 Å². The normalized spacial score (nSPS) is 17.8. The van der Waals surface area contributed by atoms with Crippen molar-refractivity contribution in [2.24, 2.45) is 0 Å². The Morgan fingerprint density at radius 2 is 1.79 bits per heavy atom. The number of rotatable bonds is 5. The van der Waals surface area contributed by atoms with Gasteiger partial charge >= 0.3 is 0 Å². The molecule has 6 heteroatoms. The molecule has 1 amide bonds. The lowest BCUT2D eigenvalue weighted by Crippen LogP contribution is -2.48. The van der Waals surface area contributed by atoms with Crippen LogP contribution in [0.1, 0.15) is 42.5 Å². The van der Waals surface area contributed by atoms with E-state index in [0.717, 1.165) is 30.3 Å². The number of carbonyl (C=O) groups excluding carboxylic acids is 1. The maximum atomic E-state index is 12.9. The van der Waals surface area contributed by atoms with Crippen LogP contribution in [0.3, 0.4) is 0 Å². The number of amides is 1. The molecule has 2 heterocycles. The summed E-state index contributed by atoms with van der Waals surface area (Å²) < 4.78 is 5.47.